The van der Waals surface area contributed by atoms with Crippen molar-refractivity contribution in [3.63, 3.8) is 0 Å². The summed E-state index contributed by atoms with van der Waals surface area (Å²) in [6.07, 6.45) is 4.43. The molecule has 0 saturated carbocycles. The topological polar surface area (TPSA) is 130 Å². The molecule has 1 atom stereocenters. The number of aryl methyl sites for hydroxylation is 3. The van der Waals surface area contributed by atoms with Crippen LogP contribution in [0.25, 0.3) is 16.1 Å². The molecule has 64 heavy (non-hydrogen) atoms. The molecule has 3 aromatic carbocycles. The van der Waals surface area contributed by atoms with Crippen LogP contribution in [0.2, 0.25) is 5.02 Å². The minimum Gasteiger partial charge on any atom is -0.494 e. The van der Waals surface area contributed by atoms with Crippen LogP contribution < -0.4 is 10.1 Å². The fourth-order valence-corrected chi connectivity index (χ4v) is 9.52. The number of thiophene rings is 1. The van der Waals surface area contributed by atoms with E-state index in [0.717, 1.165) is 97.6 Å². The van der Waals surface area contributed by atoms with Crippen molar-refractivity contribution in [3.05, 3.63) is 139 Å². The Kier molecular flexibility index (Phi) is 15.8. The number of fused-ring (bicyclic) bond motifs is 4. The predicted octanol–water partition coefficient (Wildman–Crippen LogP) is 9.85. The van der Waals surface area contributed by atoms with E-state index < -0.39 is 6.04 Å². The summed E-state index contributed by atoms with van der Waals surface area (Å²) < 4.78 is 19.6. The van der Waals surface area contributed by atoms with Crippen molar-refractivity contribution < 1.29 is 23.8 Å². The number of aliphatic imine (C=N–C) groups is 1. The third-order valence-corrected chi connectivity index (χ3v) is 13.1. The summed E-state index contributed by atoms with van der Waals surface area (Å²) in [6, 6.07) is 25.4. The molecule has 1 N–H and O–H groups in total. The zero-order valence-electron chi connectivity index (χ0n) is 36.8. The molecule has 0 amide bonds. The van der Waals surface area contributed by atoms with Crippen molar-refractivity contribution in [2.24, 2.45) is 4.99 Å². The second-order valence-corrected chi connectivity index (χ2v) is 17.9. The number of halogens is 1. The molecular formula is C50H55ClN6O5S2. The van der Waals surface area contributed by atoms with Crippen molar-refractivity contribution in [2.75, 3.05) is 44.9 Å². The van der Waals surface area contributed by atoms with Gasteiger partial charge in [0.1, 0.15) is 40.0 Å². The van der Waals surface area contributed by atoms with Crippen LogP contribution in [0.3, 0.4) is 0 Å². The van der Waals surface area contributed by atoms with Gasteiger partial charge in [-0.2, -0.15) is 13.5 Å². The summed E-state index contributed by atoms with van der Waals surface area (Å²) in [5.41, 5.74) is 10.3. The lowest BCUT2D eigenvalue weighted by Gasteiger charge is -2.13. The first kappa shape index (κ1) is 46.8. The number of nitrogens with zero attached hydrogens (tertiary/aromatic N) is 5. The van der Waals surface area contributed by atoms with E-state index in [4.69, 9.17) is 35.8 Å². The zero-order chi connectivity index (χ0) is 43.9. The first-order valence-electron chi connectivity index (χ1n) is 21.7. The highest BCUT2D eigenvalue weighted by atomic mass is 35.5. The van der Waals surface area contributed by atoms with Crippen LogP contribution in [0.5, 0.6) is 5.75 Å². The molecule has 1 aliphatic heterocycles. The minimum absolute atomic E-state index is 0. The van der Waals surface area contributed by atoms with Crippen molar-refractivity contribution in [3.8, 4) is 21.9 Å². The third kappa shape index (κ3) is 11.2. The zero-order valence-corrected chi connectivity index (χ0v) is 39.4. The quantitative estimate of drug-likeness (QED) is 0.0745. The summed E-state index contributed by atoms with van der Waals surface area (Å²) in [4.78, 5) is 36.6. The summed E-state index contributed by atoms with van der Waals surface area (Å²) >= 11 is 7.95. The Morgan fingerprint density at radius 2 is 1.56 bits per heavy atom. The number of anilines is 1. The number of aromatic nitrogens is 4. The molecule has 0 saturated heterocycles. The number of unbranched alkanes of at least 4 members (excludes halogenated alkanes) is 2. The molecule has 6 aromatic rings. The van der Waals surface area contributed by atoms with Gasteiger partial charge < -0.3 is 19.5 Å². The Morgan fingerprint density at radius 3 is 2.34 bits per heavy atom. The van der Waals surface area contributed by atoms with Gasteiger partial charge in [-0.3, -0.25) is 19.1 Å². The maximum absolute atomic E-state index is 13.6. The summed E-state index contributed by atoms with van der Waals surface area (Å²) in [5, 5.41) is 14.0. The number of rotatable bonds is 20. The summed E-state index contributed by atoms with van der Waals surface area (Å²) in [6.45, 7) is 11.8. The number of carbonyl (C=O) groups is 2. The molecular weight excluding hydrogens is 864 g/mol. The molecule has 334 valence electrons. The molecule has 2 aliphatic rings. The van der Waals surface area contributed by atoms with E-state index in [1.807, 2.05) is 68.4 Å². The lowest BCUT2D eigenvalue weighted by Crippen LogP contribution is -2.13. The van der Waals surface area contributed by atoms with E-state index in [1.165, 1.54) is 4.88 Å². The highest BCUT2D eigenvalue weighted by molar-refractivity contribution is 7.59. The van der Waals surface area contributed by atoms with Gasteiger partial charge in [0, 0.05) is 71.1 Å². The van der Waals surface area contributed by atoms with E-state index in [9.17, 15) is 9.59 Å². The summed E-state index contributed by atoms with van der Waals surface area (Å²) in [5.74, 6) is 3.40. The minimum atomic E-state index is -0.491. The molecule has 1 aliphatic carbocycles. The molecule has 4 heterocycles. The lowest BCUT2D eigenvalue weighted by atomic mass is 9.99. The largest absolute Gasteiger partial charge is 0.494 e. The van der Waals surface area contributed by atoms with Crippen LogP contribution in [0.1, 0.15) is 87.3 Å². The van der Waals surface area contributed by atoms with E-state index in [0.29, 0.717) is 63.3 Å². The predicted molar refractivity (Wildman–Crippen MR) is 260 cm³/mol. The van der Waals surface area contributed by atoms with Crippen molar-refractivity contribution in [1.82, 2.24) is 19.7 Å². The van der Waals surface area contributed by atoms with Gasteiger partial charge in [0.2, 0.25) is 0 Å². The number of Topliss-reactive ketones (excluding diaryl/α,β-unsaturated/α-hetero) is 2. The van der Waals surface area contributed by atoms with Gasteiger partial charge in [-0.25, -0.2) is 4.98 Å². The molecule has 11 nitrogen and oxygen atoms in total. The molecule has 0 radical (unpaired) electrons. The number of nitrogens with one attached hydrogen (secondary N) is 1. The highest BCUT2D eigenvalue weighted by Crippen LogP contribution is 2.40. The number of ketones is 2. The van der Waals surface area contributed by atoms with E-state index in [2.05, 4.69) is 58.2 Å². The Morgan fingerprint density at radius 1 is 0.828 bits per heavy atom. The molecule has 0 fully saturated rings. The fourth-order valence-electron chi connectivity index (χ4n) is 8.18. The van der Waals surface area contributed by atoms with E-state index in [-0.39, 0.29) is 37.9 Å². The molecule has 0 bridgehead atoms. The van der Waals surface area contributed by atoms with Crippen LogP contribution in [0.4, 0.5) is 5.82 Å². The van der Waals surface area contributed by atoms with Gasteiger partial charge >= 0.3 is 0 Å². The van der Waals surface area contributed by atoms with Crippen LogP contribution in [0.15, 0.2) is 83.9 Å². The molecule has 3 aromatic heterocycles. The van der Waals surface area contributed by atoms with Gasteiger partial charge in [0.05, 0.1) is 32.1 Å². The van der Waals surface area contributed by atoms with Gasteiger partial charge in [-0.05, 0) is 111 Å². The van der Waals surface area contributed by atoms with E-state index >= 15 is 0 Å². The Balaban J connectivity index is 0.00000612. The fraction of sp³-hybridized carbons (Fsp3) is 0.360. The number of pyridine rings is 1. The second kappa shape index (κ2) is 21.7. The Labute approximate surface area is 391 Å². The summed E-state index contributed by atoms with van der Waals surface area (Å²) in [7, 11) is 0. The lowest BCUT2D eigenvalue weighted by molar-refractivity contribution is -0.119. The number of ether oxygens (including phenoxy) is 3. The number of hydrogen-bond donors (Lipinski definition) is 1. The Hall–Kier alpha value is -5.18. The average Bonchev–Trinajstić information content (AvgIpc) is 3.91. The highest BCUT2D eigenvalue weighted by Gasteiger charge is 2.32. The van der Waals surface area contributed by atoms with Crippen molar-refractivity contribution in [1.29, 1.82) is 0 Å². The number of hydrogen-bond acceptors (Lipinski definition) is 11. The van der Waals surface area contributed by atoms with Gasteiger partial charge in [0.15, 0.2) is 5.82 Å². The van der Waals surface area contributed by atoms with Crippen LogP contribution >= 0.6 is 36.4 Å². The second-order valence-electron chi connectivity index (χ2n) is 16.2. The normalized spacial score (nSPS) is 14.0. The van der Waals surface area contributed by atoms with E-state index in [1.54, 1.807) is 11.3 Å². The average molecular weight is 920 g/mol. The number of carbonyl (C=O) groups excluding carboxylic acids is 2. The van der Waals surface area contributed by atoms with Crippen LogP contribution in [0, 0.1) is 27.7 Å². The maximum Gasteiger partial charge on any atom is 0.163 e. The SMILES string of the molecule is Cc1nc(NCCOCCOCCCCCOc2ccc(CC(=O)C[C@@H]3N=C(c4ccc(Cl)cc4)c4c(sc(C)c4C)-n4c(C)nnc43)cc2)ccc1-c1ccc2c(c1)CC(=O)C2.S. The Bertz CT molecular complexity index is 2620. The van der Waals surface area contributed by atoms with Gasteiger partial charge in [-0.1, -0.05) is 54.1 Å². The molecule has 14 heteroatoms. The molecule has 8 rings (SSSR count). The van der Waals surface area contributed by atoms with Gasteiger partial charge in [-0.15, -0.1) is 21.5 Å². The van der Waals surface area contributed by atoms with Gasteiger partial charge in [0.25, 0.3) is 0 Å². The first-order valence-corrected chi connectivity index (χ1v) is 22.9. The third-order valence-electron chi connectivity index (χ3n) is 11.6. The standard InChI is InChI=1S/C50H53ClN6O5S.H2S/c1-31-33(3)63-50-47(31)48(36-12-14-40(51)15-13-36)54-45(49-56-55-34(4)57(49)50)30-41(58)26-35-8-16-43(17-9-35)62-22-7-5-6-21-60-24-25-61-23-20-52-46-19-18-44(32(2)53-46)38-11-10-37-28-42(59)29-39(37)27-38;/h8-19,27,45H,5-7,20-26,28-30H2,1-4H3,(H,52,53);1H2/t45-;/m0./s1. The van der Waals surface area contributed by atoms with Crippen LogP contribution in [-0.4, -0.2) is 76.6 Å². The monoisotopic (exact) mass is 918 g/mol. The maximum atomic E-state index is 13.6. The first-order chi connectivity index (χ1) is 30.6. The van der Waals surface area contributed by atoms with Crippen molar-refractivity contribution >= 4 is 59.5 Å². The van der Waals surface area contributed by atoms with Crippen LogP contribution in [-0.2, 0) is 38.3 Å². The molecule has 0 spiro atoms. The molecule has 0 unspecified atom stereocenters. The van der Waals surface area contributed by atoms with Crippen molar-refractivity contribution in [2.45, 2.75) is 78.7 Å². The number of benzene rings is 3. The smallest absolute Gasteiger partial charge is 0.163 e.